The van der Waals surface area contributed by atoms with Crippen molar-refractivity contribution in [3.63, 3.8) is 0 Å². The number of rotatable bonds is 11. The summed E-state index contributed by atoms with van der Waals surface area (Å²) in [4.78, 5) is 0. The molecule has 0 aliphatic rings. The Morgan fingerprint density at radius 1 is 1.00 bits per heavy atom. The van der Waals surface area contributed by atoms with Crippen LogP contribution in [0.4, 0.5) is 0 Å². The third kappa shape index (κ3) is 14.2. The van der Waals surface area contributed by atoms with Crippen molar-refractivity contribution in [1.29, 1.82) is 0 Å². The fourth-order valence-electron chi connectivity index (χ4n) is 1.88. The maximum atomic E-state index is 10.7. The third-order valence-electron chi connectivity index (χ3n) is 3.29. The maximum Gasteiger partial charge on any atom is 1.00 e. The predicted molar refractivity (Wildman–Crippen MR) is 72.4 cm³/mol. The largest absolute Gasteiger partial charge is 1.00 e. The molecule has 0 radical (unpaired) electrons. The molecule has 1 N–H and O–H groups in total. The number of aliphatic hydroxyl groups excluding tert-OH is 1. The average Bonchev–Trinajstić information content (AvgIpc) is 2.29. The van der Waals surface area contributed by atoms with Gasteiger partial charge >= 0.3 is 51.4 Å². The summed E-state index contributed by atoms with van der Waals surface area (Å²) < 4.78 is 32.0. The van der Waals surface area contributed by atoms with Crippen molar-refractivity contribution in [3.05, 3.63) is 0 Å². The Bertz CT molecular complexity index is 293. The van der Waals surface area contributed by atoms with Crippen LogP contribution in [-0.4, -0.2) is 29.4 Å². The molecule has 0 aromatic rings. The van der Waals surface area contributed by atoms with Crippen molar-refractivity contribution < 1.29 is 69.5 Å². The van der Waals surface area contributed by atoms with E-state index in [-0.39, 0.29) is 57.8 Å². The molecule has 0 rings (SSSR count). The SMILES string of the molecule is CCCCCCCCC(O)CCC(C)S(=O)(=O)[O-].[K+]. The van der Waals surface area contributed by atoms with Crippen LogP contribution in [0.5, 0.6) is 0 Å². The molecule has 0 fully saturated rings. The van der Waals surface area contributed by atoms with Crippen molar-refractivity contribution in [1.82, 2.24) is 0 Å². The Balaban J connectivity index is 0. The van der Waals surface area contributed by atoms with Crippen LogP contribution in [0.2, 0.25) is 0 Å². The van der Waals surface area contributed by atoms with Crippen LogP contribution < -0.4 is 51.4 Å². The molecule has 110 valence electrons. The van der Waals surface area contributed by atoms with Gasteiger partial charge < -0.3 is 9.66 Å². The molecule has 2 atom stereocenters. The van der Waals surface area contributed by atoms with Crippen LogP contribution in [0.15, 0.2) is 0 Å². The van der Waals surface area contributed by atoms with Crippen molar-refractivity contribution in [3.8, 4) is 0 Å². The predicted octanol–water partition coefficient (Wildman–Crippen LogP) is -0.184. The van der Waals surface area contributed by atoms with Gasteiger partial charge in [-0.15, -0.1) is 0 Å². The van der Waals surface area contributed by atoms with E-state index < -0.39 is 21.5 Å². The van der Waals surface area contributed by atoms with Crippen LogP contribution in [0.1, 0.15) is 71.6 Å². The Labute approximate surface area is 160 Å². The molecular weight excluding hydrogens is 291 g/mol. The average molecular weight is 319 g/mol. The Morgan fingerprint density at radius 3 is 2.05 bits per heavy atom. The first kappa shape index (κ1) is 22.8. The molecule has 0 bridgehead atoms. The van der Waals surface area contributed by atoms with Crippen LogP contribution in [0.25, 0.3) is 0 Å². The molecule has 6 heteroatoms. The number of unbranched alkanes of at least 4 members (excludes halogenated alkanes) is 5. The number of hydrogen-bond donors (Lipinski definition) is 1. The summed E-state index contributed by atoms with van der Waals surface area (Å²) in [6.07, 6.45) is 7.92. The van der Waals surface area contributed by atoms with Crippen LogP contribution in [0, 0.1) is 0 Å². The molecule has 0 aromatic carbocycles. The normalized spacial score (nSPS) is 14.7. The summed E-state index contributed by atoms with van der Waals surface area (Å²) in [7, 11) is -4.20. The van der Waals surface area contributed by atoms with Crippen LogP contribution in [-0.2, 0) is 10.1 Å². The summed E-state index contributed by atoms with van der Waals surface area (Å²) in [6, 6.07) is 0. The molecule has 0 saturated carbocycles. The van der Waals surface area contributed by atoms with E-state index in [0.29, 0.717) is 12.8 Å². The summed E-state index contributed by atoms with van der Waals surface area (Å²) in [6.45, 7) is 3.58. The third-order valence-corrected chi connectivity index (χ3v) is 4.51. The molecule has 0 aliphatic heterocycles. The molecule has 0 spiro atoms. The van der Waals surface area contributed by atoms with Crippen LogP contribution in [0.3, 0.4) is 0 Å². The first-order valence-electron chi connectivity index (χ1n) is 7.00. The summed E-state index contributed by atoms with van der Waals surface area (Å²) in [5.41, 5.74) is 0. The fourth-order valence-corrected chi connectivity index (χ4v) is 2.30. The van der Waals surface area contributed by atoms with Crippen molar-refractivity contribution in [2.75, 3.05) is 0 Å². The van der Waals surface area contributed by atoms with E-state index in [1.165, 1.54) is 32.6 Å². The Hall–Kier alpha value is 1.51. The van der Waals surface area contributed by atoms with Gasteiger partial charge in [-0.25, -0.2) is 8.42 Å². The van der Waals surface area contributed by atoms with Crippen molar-refractivity contribution in [2.45, 2.75) is 83.0 Å². The van der Waals surface area contributed by atoms with Gasteiger partial charge in [-0.3, -0.25) is 0 Å². The summed E-state index contributed by atoms with van der Waals surface area (Å²) in [5.74, 6) is 0. The van der Waals surface area contributed by atoms with Gasteiger partial charge in [-0.2, -0.15) is 0 Å². The van der Waals surface area contributed by atoms with E-state index in [4.69, 9.17) is 0 Å². The molecule has 0 amide bonds. The first-order valence-corrected chi connectivity index (χ1v) is 8.47. The zero-order valence-corrected chi connectivity index (χ0v) is 16.5. The molecule has 0 saturated heterocycles. The zero-order chi connectivity index (χ0) is 14.0. The quantitative estimate of drug-likeness (QED) is 0.326. The van der Waals surface area contributed by atoms with E-state index in [1.54, 1.807) is 0 Å². The Morgan fingerprint density at radius 2 is 1.53 bits per heavy atom. The Kier molecular flexibility index (Phi) is 15.8. The standard InChI is InChI=1S/C13H28O4S.K/c1-3-4-5-6-7-8-9-13(14)11-10-12(2)18(15,16)17;/h12-14H,3-11H2,1-2H3,(H,15,16,17);/q;+1/p-1. The molecule has 19 heavy (non-hydrogen) atoms. The van der Waals surface area contributed by atoms with Gasteiger partial charge in [0.1, 0.15) is 0 Å². The monoisotopic (exact) mass is 318 g/mol. The minimum atomic E-state index is -4.20. The van der Waals surface area contributed by atoms with E-state index in [9.17, 15) is 18.1 Å². The second-order valence-corrected chi connectivity index (χ2v) is 6.88. The van der Waals surface area contributed by atoms with Gasteiger partial charge in [0.25, 0.3) is 0 Å². The summed E-state index contributed by atoms with van der Waals surface area (Å²) >= 11 is 0. The molecule has 0 aromatic heterocycles. The maximum absolute atomic E-state index is 10.7. The van der Waals surface area contributed by atoms with Gasteiger partial charge in [-0.05, 0) is 26.2 Å². The molecule has 4 nitrogen and oxygen atoms in total. The van der Waals surface area contributed by atoms with Crippen LogP contribution >= 0.6 is 0 Å². The zero-order valence-electron chi connectivity index (χ0n) is 12.6. The summed E-state index contributed by atoms with van der Waals surface area (Å²) in [5, 5.41) is 8.78. The van der Waals surface area contributed by atoms with E-state index in [1.807, 2.05) is 0 Å². The first-order chi connectivity index (χ1) is 8.38. The minimum Gasteiger partial charge on any atom is -0.748 e. The van der Waals surface area contributed by atoms with E-state index in [0.717, 1.165) is 12.8 Å². The molecule has 0 aliphatic carbocycles. The van der Waals surface area contributed by atoms with Gasteiger partial charge in [0, 0.05) is 5.25 Å². The smallest absolute Gasteiger partial charge is 0.748 e. The number of aliphatic hydroxyl groups is 1. The second kappa shape index (κ2) is 13.2. The van der Waals surface area contributed by atoms with Gasteiger partial charge in [0.2, 0.25) is 0 Å². The van der Waals surface area contributed by atoms with Gasteiger partial charge in [-0.1, -0.05) is 45.4 Å². The second-order valence-electron chi connectivity index (χ2n) is 5.09. The molecular formula is C13H27KO4S. The molecule has 2 unspecified atom stereocenters. The fraction of sp³-hybridized carbons (Fsp3) is 1.00. The molecule has 0 heterocycles. The minimum absolute atomic E-state index is 0. The van der Waals surface area contributed by atoms with E-state index >= 15 is 0 Å². The van der Waals surface area contributed by atoms with Gasteiger partial charge in [0.05, 0.1) is 16.2 Å². The topological polar surface area (TPSA) is 77.4 Å². The number of hydrogen-bond acceptors (Lipinski definition) is 4. The van der Waals surface area contributed by atoms with Crippen molar-refractivity contribution in [2.24, 2.45) is 0 Å². The van der Waals surface area contributed by atoms with Gasteiger partial charge in [0.15, 0.2) is 0 Å². The van der Waals surface area contributed by atoms with Crippen molar-refractivity contribution >= 4 is 10.1 Å². The van der Waals surface area contributed by atoms with E-state index in [2.05, 4.69) is 6.92 Å².